The summed E-state index contributed by atoms with van der Waals surface area (Å²) in [5.41, 5.74) is 0.739. The first-order valence-electron chi connectivity index (χ1n) is 6.08. The highest BCUT2D eigenvalue weighted by atomic mass is 16.5. The number of carboxylic acid groups (broad SMARTS) is 1. The number of aliphatic carboxylic acids is 1. The Hall–Kier alpha value is -1.79. The van der Waals surface area contributed by atoms with E-state index >= 15 is 0 Å². The lowest BCUT2D eigenvalue weighted by atomic mass is 10.0. The van der Waals surface area contributed by atoms with E-state index in [1.54, 1.807) is 12.1 Å². The highest BCUT2D eigenvalue weighted by molar-refractivity contribution is 5.72. The Morgan fingerprint density at radius 2 is 2.00 bits per heavy atom. The monoisotopic (exact) mass is 267 g/mol. The zero-order valence-electron chi connectivity index (χ0n) is 10.6. The fourth-order valence-corrected chi connectivity index (χ4v) is 2.24. The molecule has 1 saturated heterocycles. The van der Waals surface area contributed by atoms with E-state index in [9.17, 15) is 15.0 Å². The van der Waals surface area contributed by atoms with E-state index in [0.717, 1.165) is 5.56 Å². The van der Waals surface area contributed by atoms with Crippen molar-refractivity contribution < 1.29 is 24.9 Å². The third-order valence-corrected chi connectivity index (χ3v) is 3.33. The van der Waals surface area contributed by atoms with Crippen molar-refractivity contribution >= 4 is 5.97 Å². The molecule has 104 valence electrons. The maximum atomic E-state index is 10.9. The van der Waals surface area contributed by atoms with Gasteiger partial charge in [-0.15, -0.1) is 0 Å². The minimum absolute atomic E-state index is 0.00936. The standard InChI is InChI=1S/C13H17NO5/c1-8(9-4-10(15)6-11(16)5-9)14-2-3-19-12(7-14)13(17)18/h4-6,8,12,15-16H,2-3,7H2,1H3,(H,17,18). The van der Waals surface area contributed by atoms with Gasteiger partial charge in [0.15, 0.2) is 6.10 Å². The Morgan fingerprint density at radius 3 is 2.58 bits per heavy atom. The van der Waals surface area contributed by atoms with Gasteiger partial charge in [-0.2, -0.15) is 0 Å². The number of ether oxygens (including phenoxy) is 1. The maximum Gasteiger partial charge on any atom is 0.334 e. The van der Waals surface area contributed by atoms with Crippen LogP contribution in [0.5, 0.6) is 11.5 Å². The lowest BCUT2D eigenvalue weighted by Gasteiger charge is -2.35. The molecule has 0 saturated carbocycles. The molecule has 0 radical (unpaired) electrons. The lowest BCUT2D eigenvalue weighted by molar-refractivity contribution is -0.157. The van der Waals surface area contributed by atoms with Crippen LogP contribution in [-0.2, 0) is 9.53 Å². The van der Waals surface area contributed by atoms with Gasteiger partial charge in [0, 0.05) is 25.2 Å². The van der Waals surface area contributed by atoms with Gasteiger partial charge in [0.1, 0.15) is 11.5 Å². The van der Waals surface area contributed by atoms with Crippen molar-refractivity contribution in [1.82, 2.24) is 4.90 Å². The molecule has 2 rings (SSSR count). The second-order valence-corrected chi connectivity index (χ2v) is 4.65. The van der Waals surface area contributed by atoms with Crippen LogP contribution < -0.4 is 0 Å². The van der Waals surface area contributed by atoms with Crippen LogP contribution in [0.4, 0.5) is 0 Å². The summed E-state index contributed by atoms with van der Waals surface area (Å²) in [6.45, 7) is 3.15. The number of hydrogen-bond donors (Lipinski definition) is 3. The summed E-state index contributed by atoms with van der Waals surface area (Å²) < 4.78 is 5.16. The number of morpholine rings is 1. The van der Waals surface area contributed by atoms with Crippen LogP contribution in [0.1, 0.15) is 18.5 Å². The fraction of sp³-hybridized carbons (Fsp3) is 0.462. The van der Waals surface area contributed by atoms with Gasteiger partial charge in [0.05, 0.1) is 6.61 Å². The summed E-state index contributed by atoms with van der Waals surface area (Å²) >= 11 is 0. The van der Waals surface area contributed by atoms with E-state index in [0.29, 0.717) is 13.2 Å². The molecule has 1 aromatic carbocycles. The summed E-state index contributed by atoms with van der Waals surface area (Å²) in [6.07, 6.45) is -0.831. The first kappa shape index (κ1) is 13.6. The highest BCUT2D eigenvalue weighted by Gasteiger charge is 2.29. The van der Waals surface area contributed by atoms with Crippen molar-refractivity contribution in [3.8, 4) is 11.5 Å². The van der Waals surface area contributed by atoms with E-state index < -0.39 is 12.1 Å². The molecule has 19 heavy (non-hydrogen) atoms. The van der Waals surface area contributed by atoms with Crippen LogP contribution in [0.3, 0.4) is 0 Å². The molecule has 1 aromatic rings. The van der Waals surface area contributed by atoms with E-state index in [1.165, 1.54) is 6.07 Å². The first-order valence-corrected chi connectivity index (χ1v) is 6.08. The van der Waals surface area contributed by atoms with Gasteiger partial charge in [0.25, 0.3) is 0 Å². The number of benzene rings is 1. The predicted octanol–water partition coefficient (Wildman–Crippen LogP) is 0.944. The van der Waals surface area contributed by atoms with Gasteiger partial charge in [-0.1, -0.05) is 0 Å². The van der Waals surface area contributed by atoms with Crippen LogP contribution in [0.25, 0.3) is 0 Å². The molecule has 6 heteroatoms. The Kier molecular flexibility index (Phi) is 3.92. The molecule has 2 unspecified atom stereocenters. The molecular formula is C13H17NO5. The molecule has 1 aliphatic heterocycles. The zero-order chi connectivity index (χ0) is 14.0. The van der Waals surface area contributed by atoms with Crippen molar-refractivity contribution in [2.45, 2.75) is 19.1 Å². The summed E-state index contributed by atoms with van der Waals surface area (Å²) in [4.78, 5) is 12.9. The number of hydrogen-bond acceptors (Lipinski definition) is 5. The van der Waals surface area contributed by atoms with Crippen molar-refractivity contribution in [2.75, 3.05) is 19.7 Å². The number of phenolic OH excluding ortho intramolecular Hbond substituents is 2. The third-order valence-electron chi connectivity index (χ3n) is 3.33. The minimum Gasteiger partial charge on any atom is -0.508 e. The first-order chi connectivity index (χ1) is 8.97. The van der Waals surface area contributed by atoms with Crippen LogP contribution in [0, 0.1) is 0 Å². The van der Waals surface area contributed by atoms with Gasteiger partial charge in [0.2, 0.25) is 0 Å². The second-order valence-electron chi connectivity index (χ2n) is 4.65. The molecule has 0 aromatic heterocycles. The van der Waals surface area contributed by atoms with Gasteiger partial charge in [-0.3, -0.25) is 4.90 Å². The smallest absolute Gasteiger partial charge is 0.334 e. The Balaban J connectivity index is 2.14. The average molecular weight is 267 g/mol. The molecule has 1 fully saturated rings. The number of carboxylic acids is 1. The molecule has 1 heterocycles. The Bertz CT molecular complexity index is 456. The summed E-state index contributed by atoms with van der Waals surface area (Å²) in [6, 6.07) is 4.28. The van der Waals surface area contributed by atoms with Crippen LogP contribution in [-0.4, -0.2) is 52.0 Å². The predicted molar refractivity (Wildman–Crippen MR) is 67.1 cm³/mol. The van der Waals surface area contributed by atoms with Crippen molar-refractivity contribution in [3.63, 3.8) is 0 Å². The quantitative estimate of drug-likeness (QED) is 0.755. The van der Waals surface area contributed by atoms with E-state index in [1.807, 2.05) is 11.8 Å². The van der Waals surface area contributed by atoms with Crippen molar-refractivity contribution in [3.05, 3.63) is 23.8 Å². The van der Waals surface area contributed by atoms with E-state index in [2.05, 4.69) is 0 Å². The normalized spacial score (nSPS) is 22.1. The topological polar surface area (TPSA) is 90.2 Å². The SMILES string of the molecule is CC(c1cc(O)cc(O)c1)N1CCOC(C(=O)O)C1. The molecule has 2 atom stereocenters. The largest absolute Gasteiger partial charge is 0.508 e. The second kappa shape index (κ2) is 5.46. The Morgan fingerprint density at radius 1 is 1.37 bits per heavy atom. The highest BCUT2D eigenvalue weighted by Crippen LogP contribution is 2.29. The van der Waals surface area contributed by atoms with E-state index in [-0.39, 0.29) is 24.1 Å². The van der Waals surface area contributed by atoms with Crippen molar-refractivity contribution in [1.29, 1.82) is 0 Å². The molecule has 0 bridgehead atoms. The zero-order valence-corrected chi connectivity index (χ0v) is 10.6. The molecular weight excluding hydrogens is 250 g/mol. The van der Waals surface area contributed by atoms with Gasteiger partial charge >= 0.3 is 5.97 Å². The molecule has 0 aliphatic carbocycles. The van der Waals surface area contributed by atoms with Gasteiger partial charge in [-0.25, -0.2) is 4.79 Å². The van der Waals surface area contributed by atoms with Crippen LogP contribution >= 0.6 is 0 Å². The molecule has 6 nitrogen and oxygen atoms in total. The van der Waals surface area contributed by atoms with Crippen molar-refractivity contribution in [2.24, 2.45) is 0 Å². The summed E-state index contributed by atoms with van der Waals surface area (Å²) in [7, 11) is 0. The van der Waals surface area contributed by atoms with Crippen LogP contribution in [0.15, 0.2) is 18.2 Å². The maximum absolute atomic E-state index is 10.9. The molecule has 0 spiro atoms. The number of nitrogens with zero attached hydrogens (tertiary/aromatic N) is 1. The van der Waals surface area contributed by atoms with Gasteiger partial charge < -0.3 is 20.1 Å². The Labute approximate surface area is 110 Å². The summed E-state index contributed by atoms with van der Waals surface area (Å²) in [5.74, 6) is -0.995. The minimum atomic E-state index is -0.976. The number of rotatable bonds is 3. The molecule has 0 amide bonds. The number of carbonyl (C=O) groups is 1. The van der Waals surface area contributed by atoms with E-state index in [4.69, 9.17) is 9.84 Å². The molecule has 1 aliphatic rings. The van der Waals surface area contributed by atoms with Gasteiger partial charge in [-0.05, 0) is 24.6 Å². The number of aromatic hydroxyl groups is 2. The van der Waals surface area contributed by atoms with Crippen LogP contribution in [0.2, 0.25) is 0 Å². The lowest BCUT2D eigenvalue weighted by Crippen LogP contribution is -2.46. The average Bonchev–Trinajstić information content (AvgIpc) is 2.37. The fourth-order valence-electron chi connectivity index (χ4n) is 2.24. The number of phenols is 2. The third kappa shape index (κ3) is 3.15. The summed E-state index contributed by atoms with van der Waals surface area (Å²) in [5, 5.41) is 27.9. The molecule has 3 N–H and O–H groups in total.